The minimum absolute atomic E-state index is 0.430. The molecule has 4 heteroatoms. The molecular formula is C10H16ClNS2. The van der Waals surface area contributed by atoms with E-state index in [1.165, 1.54) is 4.88 Å². The average molecular weight is 250 g/mol. The molecule has 0 saturated heterocycles. The molecule has 0 aliphatic carbocycles. The van der Waals surface area contributed by atoms with Gasteiger partial charge in [-0.1, -0.05) is 25.4 Å². The summed E-state index contributed by atoms with van der Waals surface area (Å²) in [6.45, 7) is 4.44. The summed E-state index contributed by atoms with van der Waals surface area (Å²) in [5.74, 6) is 1.10. The van der Waals surface area contributed by atoms with Crippen LogP contribution in [0, 0.1) is 0 Å². The molecule has 1 aromatic heterocycles. The molecule has 1 unspecified atom stereocenters. The molecule has 0 spiro atoms. The monoisotopic (exact) mass is 249 g/mol. The highest BCUT2D eigenvalue weighted by Crippen LogP contribution is 2.29. The smallest absolute Gasteiger partial charge is 0.0931 e. The van der Waals surface area contributed by atoms with E-state index in [0.717, 1.165) is 10.1 Å². The van der Waals surface area contributed by atoms with Crippen LogP contribution in [-0.2, 0) is 0 Å². The van der Waals surface area contributed by atoms with Gasteiger partial charge in [0.25, 0.3) is 0 Å². The molecular weight excluding hydrogens is 234 g/mol. The van der Waals surface area contributed by atoms with Crippen LogP contribution in [0.15, 0.2) is 12.1 Å². The fourth-order valence-corrected chi connectivity index (χ4v) is 3.31. The van der Waals surface area contributed by atoms with E-state index in [2.05, 4.69) is 25.2 Å². The lowest BCUT2D eigenvalue weighted by atomic mass is 10.3. The fraction of sp³-hybridized carbons (Fsp3) is 0.600. The van der Waals surface area contributed by atoms with E-state index in [0.29, 0.717) is 11.3 Å². The minimum atomic E-state index is 0.430. The van der Waals surface area contributed by atoms with Gasteiger partial charge in [-0.05, 0) is 24.4 Å². The van der Waals surface area contributed by atoms with Gasteiger partial charge in [0, 0.05) is 10.6 Å². The normalized spacial score (nSPS) is 13.5. The molecule has 0 fully saturated rings. The highest BCUT2D eigenvalue weighted by Gasteiger charge is 2.12. The Kier molecular flexibility index (Phi) is 5.31. The van der Waals surface area contributed by atoms with Crippen molar-refractivity contribution in [1.82, 2.24) is 5.32 Å². The van der Waals surface area contributed by atoms with Gasteiger partial charge in [-0.3, -0.25) is 0 Å². The third-order valence-corrected chi connectivity index (χ3v) is 4.42. The van der Waals surface area contributed by atoms with Crippen LogP contribution < -0.4 is 5.32 Å². The summed E-state index contributed by atoms with van der Waals surface area (Å²) in [7, 11) is 2.00. The Morgan fingerprint density at radius 1 is 1.50 bits per heavy atom. The largest absolute Gasteiger partial charge is 0.312 e. The fourth-order valence-electron chi connectivity index (χ4n) is 1.11. The van der Waals surface area contributed by atoms with Crippen molar-refractivity contribution in [3.63, 3.8) is 0 Å². The molecule has 1 atom stereocenters. The molecule has 1 nitrogen and oxygen atoms in total. The van der Waals surface area contributed by atoms with Crippen LogP contribution in [0.1, 0.15) is 24.8 Å². The third-order valence-electron chi connectivity index (χ3n) is 1.88. The molecule has 0 radical (unpaired) electrons. The Morgan fingerprint density at radius 3 is 2.64 bits per heavy atom. The molecule has 0 aliphatic rings. The molecule has 14 heavy (non-hydrogen) atoms. The Balaban J connectivity index is 2.54. The Morgan fingerprint density at radius 2 is 2.21 bits per heavy atom. The molecule has 1 aromatic rings. The summed E-state index contributed by atoms with van der Waals surface area (Å²) in [5, 5.41) is 4.00. The van der Waals surface area contributed by atoms with Gasteiger partial charge in [0.05, 0.1) is 10.4 Å². The Hall–Kier alpha value is 0.300. The van der Waals surface area contributed by atoms with Gasteiger partial charge < -0.3 is 5.32 Å². The molecule has 0 saturated carbocycles. The van der Waals surface area contributed by atoms with Crippen LogP contribution in [0.3, 0.4) is 0 Å². The van der Waals surface area contributed by atoms with Crippen LogP contribution >= 0.6 is 34.7 Å². The standard InChI is InChI=1S/C10H16ClNS2/c1-7(2)13-6-8(12-3)9-4-5-10(11)14-9/h4-5,7-8,12H,6H2,1-3H3. The molecule has 0 amide bonds. The minimum Gasteiger partial charge on any atom is -0.312 e. The summed E-state index contributed by atoms with van der Waals surface area (Å²) in [6, 6.07) is 4.50. The highest BCUT2D eigenvalue weighted by atomic mass is 35.5. The van der Waals surface area contributed by atoms with Gasteiger partial charge in [0.2, 0.25) is 0 Å². The van der Waals surface area contributed by atoms with Crippen molar-refractivity contribution in [2.24, 2.45) is 0 Å². The summed E-state index contributed by atoms with van der Waals surface area (Å²) in [6.07, 6.45) is 0. The second-order valence-corrected chi connectivity index (χ2v) is 6.72. The second-order valence-electron chi connectivity index (χ2n) is 3.37. The molecule has 1 heterocycles. The van der Waals surface area contributed by atoms with E-state index in [4.69, 9.17) is 11.6 Å². The maximum absolute atomic E-state index is 5.91. The van der Waals surface area contributed by atoms with Crippen LogP contribution in [0.5, 0.6) is 0 Å². The zero-order chi connectivity index (χ0) is 10.6. The quantitative estimate of drug-likeness (QED) is 0.852. The van der Waals surface area contributed by atoms with Crippen molar-refractivity contribution >= 4 is 34.7 Å². The first-order valence-electron chi connectivity index (χ1n) is 4.67. The summed E-state index contributed by atoms with van der Waals surface area (Å²) in [5.41, 5.74) is 0. The van der Waals surface area contributed by atoms with Gasteiger partial charge in [-0.2, -0.15) is 11.8 Å². The summed E-state index contributed by atoms with van der Waals surface area (Å²) >= 11 is 9.54. The number of thioether (sulfide) groups is 1. The Labute approximate surface area is 99.2 Å². The number of hydrogen-bond acceptors (Lipinski definition) is 3. The van der Waals surface area contributed by atoms with Crippen LogP contribution in [0.25, 0.3) is 0 Å². The molecule has 0 bridgehead atoms. The maximum Gasteiger partial charge on any atom is 0.0931 e. The highest BCUT2D eigenvalue weighted by molar-refractivity contribution is 7.99. The molecule has 1 N–H and O–H groups in total. The van der Waals surface area contributed by atoms with E-state index in [-0.39, 0.29) is 0 Å². The first-order valence-corrected chi connectivity index (χ1v) is 6.92. The van der Waals surface area contributed by atoms with Crippen molar-refractivity contribution < 1.29 is 0 Å². The van der Waals surface area contributed by atoms with Crippen molar-refractivity contribution in [2.45, 2.75) is 25.1 Å². The lowest BCUT2D eigenvalue weighted by molar-refractivity contribution is 0.672. The Bertz CT molecular complexity index is 273. The molecule has 0 aromatic carbocycles. The number of rotatable bonds is 5. The number of nitrogens with one attached hydrogen (secondary N) is 1. The van der Waals surface area contributed by atoms with Crippen molar-refractivity contribution in [3.05, 3.63) is 21.3 Å². The number of hydrogen-bond donors (Lipinski definition) is 1. The molecule has 0 aliphatic heterocycles. The lowest BCUT2D eigenvalue weighted by Gasteiger charge is -2.15. The van der Waals surface area contributed by atoms with Gasteiger partial charge in [-0.15, -0.1) is 11.3 Å². The predicted molar refractivity (Wildman–Crippen MR) is 68.7 cm³/mol. The number of thiophene rings is 1. The van der Waals surface area contributed by atoms with Gasteiger partial charge in [-0.25, -0.2) is 0 Å². The van der Waals surface area contributed by atoms with E-state index >= 15 is 0 Å². The van der Waals surface area contributed by atoms with Crippen molar-refractivity contribution in [1.29, 1.82) is 0 Å². The zero-order valence-electron chi connectivity index (χ0n) is 8.71. The number of halogens is 1. The molecule has 80 valence electrons. The van der Waals surface area contributed by atoms with Crippen molar-refractivity contribution in [3.8, 4) is 0 Å². The van der Waals surface area contributed by atoms with E-state index in [1.54, 1.807) is 11.3 Å². The van der Waals surface area contributed by atoms with Gasteiger partial charge in [0.15, 0.2) is 0 Å². The van der Waals surface area contributed by atoms with Gasteiger partial charge >= 0.3 is 0 Å². The zero-order valence-corrected chi connectivity index (χ0v) is 11.1. The van der Waals surface area contributed by atoms with Crippen LogP contribution in [0.4, 0.5) is 0 Å². The van der Waals surface area contributed by atoms with E-state index in [1.807, 2.05) is 24.9 Å². The first kappa shape index (κ1) is 12.4. The topological polar surface area (TPSA) is 12.0 Å². The lowest BCUT2D eigenvalue weighted by Crippen LogP contribution is -2.18. The third kappa shape index (κ3) is 3.81. The van der Waals surface area contributed by atoms with Crippen LogP contribution in [0.2, 0.25) is 4.34 Å². The summed E-state index contributed by atoms with van der Waals surface area (Å²) < 4.78 is 0.870. The maximum atomic E-state index is 5.91. The van der Waals surface area contributed by atoms with Gasteiger partial charge in [0.1, 0.15) is 0 Å². The second kappa shape index (κ2) is 6.01. The van der Waals surface area contributed by atoms with Crippen LogP contribution in [-0.4, -0.2) is 18.1 Å². The van der Waals surface area contributed by atoms with E-state index < -0.39 is 0 Å². The summed E-state index contributed by atoms with van der Waals surface area (Å²) in [4.78, 5) is 1.32. The first-order chi connectivity index (χ1) is 6.63. The predicted octanol–water partition coefficient (Wildman–Crippen LogP) is 3.80. The average Bonchev–Trinajstić information content (AvgIpc) is 2.53. The molecule has 1 rings (SSSR count). The SMILES string of the molecule is CNC(CSC(C)C)c1ccc(Cl)s1. The van der Waals surface area contributed by atoms with Crippen molar-refractivity contribution in [2.75, 3.05) is 12.8 Å². The van der Waals surface area contributed by atoms with E-state index in [9.17, 15) is 0 Å².